The third-order valence-electron chi connectivity index (χ3n) is 4.07. The SMILES string of the molecule is CCc1ccc(CNCCN2CCCC(CO)C2)nc1. The number of nitrogens with one attached hydrogen (secondary N) is 1. The summed E-state index contributed by atoms with van der Waals surface area (Å²) >= 11 is 0. The number of aliphatic hydroxyl groups excluding tert-OH is 1. The minimum absolute atomic E-state index is 0.331. The topological polar surface area (TPSA) is 48.4 Å². The molecule has 1 aliphatic heterocycles. The number of nitrogens with zero attached hydrogens (tertiary/aromatic N) is 2. The predicted octanol–water partition coefficient (Wildman–Crippen LogP) is 1.44. The van der Waals surface area contributed by atoms with Crippen LogP contribution in [-0.2, 0) is 13.0 Å². The van der Waals surface area contributed by atoms with E-state index in [4.69, 9.17) is 0 Å². The molecule has 1 saturated heterocycles. The molecule has 2 N–H and O–H groups in total. The summed E-state index contributed by atoms with van der Waals surface area (Å²) in [5, 5.41) is 12.7. The number of pyridine rings is 1. The highest BCUT2D eigenvalue weighted by Crippen LogP contribution is 2.14. The monoisotopic (exact) mass is 277 g/mol. The highest BCUT2D eigenvalue weighted by molar-refractivity contribution is 5.13. The van der Waals surface area contributed by atoms with Crippen molar-refractivity contribution >= 4 is 0 Å². The number of aryl methyl sites for hydroxylation is 1. The summed E-state index contributed by atoms with van der Waals surface area (Å²) in [5.41, 5.74) is 2.39. The standard InChI is InChI=1S/C16H27N3O/c1-2-14-5-6-16(18-10-14)11-17-7-9-19-8-3-4-15(12-19)13-20/h5-6,10,15,17,20H,2-4,7-9,11-13H2,1H3. The quantitative estimate of drug-likeness (QED) is 0.740. The van der Waals surface area contributed by atoms with Crippen LogP contribution in [0.15, 0.2) is 18.3 Å². The number of piperidine rings is 1. The van der Waals surface area contributed by atoms with Gasteiger partial charge in [0.2, 0.25) is 0 Å². The number of aliphatic hydroxyl groups is 1. The van der Waals surface area contributed by atoms with Crippen molar-refractivity contribution < 1.29 is 5.11 Å². The fourth-order valence-corrected chi connectivity index (χ4v) is 2.73. The molecule has 1 aromatic rings. The summed E-state index contributed by atoms with van der Waals surface area (Å²) in [6.45, 7) is 7.56. The molecule has 0 spiro atoms. The van der Waals surface area contributed by atoms with Gasteiger partial charge in [-0.2, -0.15) is 0 Å². The number of rotatable bonds is 7. The zero-order chi connectivity index (χ0) is 14.2. The van der Waals surface area contributed by atoms with Gasteiger partial charge in [0.05, 0.1) is 5.69 Å². The van der Waals surface area contributed by atoms with E-state index in [0.29, 0.717) is 12.5 Å². The van der Waals surface area contributed by atoms with Gasteiger partial charge in [-0.05, 0) is 43.4 Å². The molecule has 2 rings (SSSR count). The van der Waals surface area contributed by atoms with Gasteiger partial charge in [-0.3, -0.25) is 4.98 Å². The van der Waals surface area contributed by atoms with Crippen LogP contribution in [0.3, 0.4) is 0 Å². The third kappa shape index (κ3) is 4.85. The van der Waals surface area contributed by atoms with Gasteiger partial charge in [0.15, 0.2) is 0 Å². The zero-order valence-corrected chi connectivity index (χ0v) is 12.5. The minimum Gasteiger partial charge on any atom is -0.396 e. The van der Waals surface area contributed by atoms with Crippen molar-refractivity contribution in [3.05, 3.63) is 29.6 Å². The van der Waals surface area contributed by atoms with Gasteiger partial charge < -0.3 is 15.3 Å². The Bertz CT molecular complexity index is 380. The van der Waals surface area contributed by atoms with Crippen LogP contribution in [-0.4, -0.2) is 47.8 Å². The van der Waals surface area contributed by atoms with Crippen molar-refractivity contribution in [2.75, 3.05) is 32.8 Å². The van der Waals surface area contributed by atoms with Crippen LogP contribution in [0.25, 0.3) is 0 Å². The Hall–Kier alpha value is -0.970. The number of aromatic nitrogens is 1. The molecule has 0 radical (unpaired) electrons. The van der Waals surface area contributed by atoms with E-state index in [1.807, 2.05) is 6.20 Å². The van der Waals surface area contributed by atoms with Gasteiger partial charge in [0.25, 0.3) is 0 Å². The van der Waals surface area contributed by atoms with Gasteiger partial charge >= 0.3 is 0 Å². The first-order chi connectivity index (χ1) is 9.81. The average Bonchev–Trinajstić information content (AvgIpc) is 2.52. The second-order valence-corrected chi connectivity index (χ2v) is 5.68. The molecule has 1 atom stereocenters. The Morgan fingerprint density at radius 2 is 2.35 bits per heavy atom. The molecule has 1 aromatic heterocycles. The van der Waals surface area contributed by atoms with E-state index in [2.05, 4.69) is 34.3 Å². The summed E-state index contributed by atoms with van der Waals surface area (Å²) < 4.78 is 0. The van der Waals surface area contributed by atoms with E-state index in [0.717, 1.165) is 38.3 Å². The van der Waals surface area contributed by atoms with Gasteiger partial charge in [0.1, 0.15) is 0 Å². The van der Waals surface area contributed by atoms with E-state index in [-0.39, 0.29) is 0 Å². The molecule has 0 bridgehead atoms. The molecule has 1 aliphatic rings. The van der Waals surface area contributed by atoms with Crippen LogP contribution in [0.2, 0.25) is 0 Å². The molecule has 1 fully saturated rings. The largest absolute Gasteiger partial charge is 0.396 e. The highest BCUT2D eigenvalue weighted by Gasteiger charge is 2.18. The normalized spacial score (nSPS) is 20.2. The number of hydrogen-bond acceptors (Lipinski definition) is 4. The summed E-state index contributed by atoms with van der Waals surface area (Å²) in [7, 11) is 0. The van der Waals surface area contributed by atoms with Gasteiger partial charge in [-0.25, -0.2) is 0 Å². The predicted molar refractivity (Wildman–Crippen MR) is 81.6 cm³/mol. The maximum atomic E-state index is 9.22. The summed E-state index contributed by atoms with van der Waals surface area (Å²) in [6.07, 6.45) is 5.40. The number of likely N-dealkylation sites (tertiary alicyclic amines) is 1. The Kier molecular flexibility index (Phi) is 6.43. The van der Waals surface area contributed by atoms with Crippen LogP contribution >= 0.6 is 0 Å². The Morgan fingerprint density at radius 1 is 1.45 bits per heavy atom. The maximum Gasteiger partial charge on any atom is 0.0541 e. The summed E-state index contributed by atoms with van der Waals surface area (Å²) in [6, 6.07) is 4.26. The fourth-order valence-electron chi connectivity index (χ4n) is 2.73. The van der Waals surface area contributed by atoms with Crippen molar-refractivity contribution in [2.45, 2.75) is 32.7 Å². The maximum absolute atomic E-state index is 9.22. The van der Waals surface area contributed by atoms with Gasteiger partial charge in [-0.1, -0.05) is 13.0 Å². The van der Waals surface area contributed by atoms with E-state index >= 15 is 0 Å². The molecule has 20 heavy (non-hydrogen) atoms. The van der Waals surface area contributed by atoms with Gasteiger partial charge in [0, 0.05) is 39.0 Å². The van der Waals surface area contributed by atoms with E-state index in [9.17, 15) is 5.11 Å². The average molecular weight is 277 g/mol. The van der Waals surface area contributed by atoms with Crippen LogP contribution < -0.4 is 5.32 Å². The minimum atomic E-state index is 0.331. The molecular weight excluding hydrogens is 250 g/mol. The Labute approximate surface area is 122 Å². The van der Waals surface area contributed by atoms with Crippen molar-refractivity contribution in [1.82, 2.24) is 15.2 Å². The number of hydrogen-bond donors (Lipinski definition) is 2. The second kappa shape index (κ2) is 8.35. The first-order valence-electron chi connectivity index (χ1n) is 7.79. The third-order valence-corrected chi connectivity index (χ3v) is 4.07. The molecular formula is C16H27N3O. The highest BCUT2D eigenvalue weighted by atomic mass is 16.3. The molecule has 4 heteroatoms. The van der Waals surface area contributed by atoms with Crippen LogP contribution in [0.1, 0.15) is 31.0 Å². The molecule has 0 aromatic carbocycles. The molecule has 0 saturated carbocycles. The summed E-state index contributed by atoms with van der Waals surface area (Å²) in [4.78, 5) is 6.90. The molecule has 0 amide bonds. The molecule has 2 heterocycles. The van der Waals surface area contributed by atoms with Crippen LogP contribution in [0, 0.1) is 5.92 Å². The van der Waals surface area contributed by atoms with Crippen molar-refractivity contribution in [1.29, 1.82) is 0 Å². The second-order valence-electron chi connectivity index (χ2n) is 5.68. The molecule has 0 aliphatic carbocycles. The fraction of sp³-hybridized carbons (Fsp3) is 0.688. The lowest BCUT2D eigenvalue weighted by molar-refractivity contribution is 0.121. The zero-order valence-electron chi connectivity index (χ0n) is 12.5. The van der Waals surface area contributed by atoms with Gasteiger partial charge in [-0.15, -0.1) is 0 Å². The lowest BCUT2D eigenvalue weighted by Gasteiger charge is -2.31. The lowest BCUT2D eigenvalue weighted by Crippen LogP contribution is -2.40. The van der Waals surface area contributed by atoms with Crippen LogP contribution in [0.4, 0.5) is 0 Å². The Balaban J connectivity index is 1.63. The van der Waals surface area contributed by atoms with Crippen molar-refractivity contribution in [3.8, 4) is 0 Å². The molecule has 4 nitrogen and oxygen atoms in total. The molecule has 112 valence electrons. The lowest BCUT2D eigenvalue weighted by atomic mass is 9.99. The molecule has 1 unspecified atom stereocenters. The Morgan fingerprint density at radius 3 is 3.05 bits per heavy atom. The van der Waals surface area contributed by atoms with E-state index in [1.165, 1.54) is 24.9 Å². The summed E-state index contributed by atoms with van der Waals surface area (Å²) in [5.74, 6) is 0.479. The van der Waals surface area contributed by atoms with Crippen molar-refractivity contribution in [3.63, 3.8) is 0 Å². The first kappa shape index (κ1) is 15.4. The van der Waals surface area contributed by atoms with E-state index in [1.54, 1.807) is 0 Å². The van der Waals surface area contributed by atoms with Crippen LogP contribution in [0.5, 0.6) is 0 Å². The van der Waals surface area contributed by atoms with Crippen molar-refractivity contribution in [2.24, 2.45) is 5.92 Å². The van der Waals surface area contributed by atoms with E-state index < -0.39 is 0 Å². The smallest absolute Gasteiger partial charge is 0.0541 e. The first-order valence-corrected chi connectivity index (χ1v) is 7.79.